The number of alkyl halides is 1. The molecule has 2 aliphatic rings. The Morgan fingerprint density at radius 3 is 2.43 bits per heavy atom. The molecule has 2 aliphatic heterocycles. The van der Waals surface area contributed by atoms with E-state index >= 15 is 0 Å². The molecule has 1 aromatic rings. The van der Waals surface area contributed by atoms with Crippen LogP contribution in [0.4, 0.5) is 17.6 Å². The first kappa shape index (κ1) is 24.2. The van der Waals surface area contributed by atoms with Gasteiger partial charge in [-0.15, -0.1) is 0 Å². The fourth-order valence-electron chi connectivity index (χ4n) is 3.82. The molecule has 30 heavy (non-hydrogen) atoms. The van der Waals surface area contributed by atoms with Crippen molar-refractivity contribution in [3.05, 3.63) is 64.7 Å². The number of rotatable bonds is 5. The molecule has 0 aliphatic carbocycles. The Kier molecular flexibility index (Phi) is 8.71. The third-order valence-electron chi connectivity index (χ3n) is 5.55. The predicted octanol–water partition coefficient (Wildman–Crippen LogP) is 7.25. The Bertz CT molecular complexity index is 821. The van der Waals surface area contributed by atoms with Crippen LogP contribution in [0.25, 0.3) is 0 Å². The summed E-state index contributed by atoms with van der Waals surface area (Å²) in [7, 11) is 0.500. The van der Waals surface area contributed by atoms with E-state index in [2.05, 4.69) is 20.1 Å². The van der Waals surface area contributed by atoms with Gasteiger partial charge in [-0.2, -0.15) is 4.39 Å². The lowest BCUT2D eigenvalue weighted by Gasteiger charge is -2.31. The van der Waals surface area contributed by atoms with Crippen molar-refractivity contribution in [2.24, 2.45) is 0 Å². The summed E-state index contributed by atoms with van der Waals surface area (Å²) in [4.78, 5) is 0. The van der Waals surface area contributed by atoms with Gasteiger partial charge in [0, 0.05) is 17.9 Å². The standard InChI is InChI=1S/C23H27F3O2.CH3F/c1-5-7-17-9-8-15(12-27-17)18-11-16-10-14(4)22(19(24)13(3)6-2)28-23(16)21(26)20(18)25;1-2/h11,15,17H,3-10,12H2,1-2H3;1H3/b22-19-;. The van der Waals surface area contributed by atoms with Crippen molar-refractivity contribution in [1.82, 2.24) is 0 Å². The highest BCUT2D eigenvalue weighted by atomic mass is 19.2. The topological polar surface area (TPSA) is 18.5 Å². The van der Waals surface area contributed by atoms with E-state index in [0.29, 0.717) is 36.9 Å². The zero-order chi connectivity index (χ0) is 22.4. The number of benzene rings is 1. The number of ether oxygens (including phenoxy) is 2. The summed E-state index contributed by atoms with van der Waals surface area (Å²) < 4.78 is 64.9. The van der Waals surface area contributed by atoms with Gasteiger partial charge in [-0.1, -0.05) is 33.4 Å². The molecular weight excluding hydrogens is 396 g/mol. The normalized spacial score (nSPS) is 22.4. The second-order valence-corrected chi connectivity index (χ2v) is 7.58. The van der Waals surface area contributed by atoms with Gasteiger partial charge < -0.3 is 9.47 Å². The van der Waals surface area contributed by atoms with Crippen molar-refractivity contribution in [2.75, 3.05) is 13.8 Å². The predicted molar refractivity (Wildman–Crippen MR) is 111 cm³/mol. The molecule has 1 saturated heterocycles. The van der Waals surface area contributed by atoms with E-state index in [1.54, 1.807) is 13.0 Å². The molecule has 2 atom stereocenters. The molecule has 2 heterocycles. The van der Waals surface area contributed by atoms with E-state index in [-0.39, 0.29) is 35.5 Å². The van der Waals surface area contributed by atoms with Crippen molar-refractivity contribution >= 4 is 0 Å². The van der Waals surface area contributed by atoms with E-state index in [0.717, 1.165) is 25.7 Å². The van der Waals surface area contributed by atoms with Crippen LogP contribution in [0.15, 0.2) is 42.0 Å². The SMILES string of the molecule is C=C(CC)/C(F)=C1/Oc2c(cc(C3CCC(CCC)OC3)c(F)c2F)CC1=C.CF. The van der Waals surface area contributed by atoms with Crippen molar-refractivity contribution in [3.8, 4) is 5.75 Å². The van der Waals surface area contributed by atoms with E-state index < -0.39 is 17.5 Å². The summed E-state index contributed by atoms with van der Waals surface area (Å²) in [6, 6.07) is 1.62. The van der Waals surface area contributed by atoms with Gasteiger partial charge in [0.2, 0.25) is 5.82 Å². The molecule has 0 radical (unpaired) electrons. The Morgan fingerprint density at radius 2 is 1.87 bits per heavy atom. The molecule has 0 saturated carbocycles. The fraction of sp³-hybridized carbons (Fsp3) is 0.500. The molecule has 0 N–H and O–H groups in total. The van der Waals surface area contributed by atoms with Gasteiger partial charge in [0.15, 0.2) is 23.2 Å². The minimum Gasteiger partial charge on any atom is -0.450 e. The van der Waals surface area contributed by atoms with Crippen LogP contribution in [-0.4, -0.2) is 19.9 Å². The molecule has 1 aromatic carbocycles. The summed E-state index contributed by atoms with van der Waals surface area (Å²) in [6.45, 7) is 11.7. The maximum atomic E-state index is 14.8. The third-order valence-corrected chi connectivity index (χ3v) is 5.55. The second kappa shape index (κ2) is 10.8. The van der Waals surface area contributed by atoms with Gasteiger partial charge in [0.05, 0.1) is 19.9 Å². The number of allylic oxidation sites excluding steroid dienone is 3. The van der Waals surface area contributed by atoms with Crippen molar-refractivity contribution in [3.63, 3.8) is 0 Å². The minimum atomic E-state index is -1.08. The van der Waals surface area contributed by atoms with Crippen LogP contribution in [0.3, 0.4) is 0 Å². The molecular formula is C24H30F4O2. The van der Waals surface area contributed by atoms with Gasteiger partial charge >= 0.3 is 0 Å². The molecule has 0 aromatic heterocycles. The van der Waals surface area contributed by atoms with Gasteiger partial charge in [-0.3, -0.25) is 4.39 Å². The number of hydrogen-bond acceptors (Lipinski definition) is 2. The van der Waals surface area contributed by atoms with Crippen molar-refractivity contribution < 1.29 is 27.0 Å². The van der Waals surface area contributed by atoms with Crippen LogP contribution >= 0.6 is 0 Å². The minimum absolute atomic E-state index is 0.159. The van der Waals surface area contributed by atoms with Crippen LogP contribution in [0, 0.1) is 11.6 Å². The highest BCUT2D eigenvalue weighted by Gasteiger charge is 2.32. The molecule has 1 fully saturated rings. The van der Waals surface area contributed by atoms with Crippen molar-refractivity contribution in [2.45, 2.75) is 64.4 Å². The summed E-state index contributed by atoms with van der Waals surface area (Å²) in [5.41, 5.74) is 1.40. The Balaban J connectivity index is 0.00000155. The van der Waals surface area contributed by atoms with E-state index in [9.17, 15) is 17.6 Å². The van der Waals surface area contributed by atoms with Gasteiger partial charge in [-0.25, -0.2) is 8.78 Å². The summed E-state index contributed by atoms with van der Waals surface area (Å²) in [6.07, 6.45) is 4.37. The van der Waals surface area contributed by atoms with E-state index in [1.165, 1.54) is 0 Å². The average Bonchev–Trinajstić information content (AvgIpc) is 2.77. The van der Waals surface area contributed by atoms with Crippen LogP contribution in [0.1, 0.15) is 63.0 Å². The Labute approximate surface area is 176 Å². The maximum absolute atomic E-state index is 14.8. The zero-order valence-electron chi connectivity index (χ0n) is 17.9. The van der Waals surface area contributed by atoms with Crippen molar-refractivity contribution in [1.29, 1.82) is 0 Å². The molecule has 2 unspecified atom stereocenters. The first-order valence-corrected chi connectivity index (χ1v) is 10.3. The summed E-state index contributed by atoms with van der Waals surface area (Å²) >= 11 is 0. The largest absolute Gasteiger partial charge is 0.450 e. The highest BCUT2D eigenvalue weighted by Crippen LogP contribution is 2.42. The first-order valence-electron chi connectivity index (χ1n) is 10.3. The van der Waals surface area contributed by atoms with Crippen LogP contribution < -0.4 is 4.74 Å². The quantitative estimate of drug-likeness (QED) is 0.462. The lowest BCUT2D eigenvalue weighted by atomic mass is 9.87. The molecule has 6 heteroatoms. The zero-order valence-corrected chi connectivity index (χ0v) is 17.9. The van der Waals surface area contributed by atoms with E-state index in [4.69, 9.17) is 9.47 Å². The number of hydrogen-bond donors (Lipinski definition) is 0. The van der Waals surface area contributed by atoms with Gasteiger partial charge in [-0.05, 0) is 48.5 Å². The van der Waals surface area contributed by atoms with Gasteiger partial charge in [0.25, 0.3) is 0 Å². The second-order valence-electron chi connectivity index (χ2n) is 7.58. The smallest absolute Gasteiger partial charge is 0.201 e. The molecule has 166 valence electrons. The maximum Gasteiger partial charge on any atom is 0.201 e. The lowest BCUT2D eigenvalue weighted by Crippen LogP contribution is -2.26. The lowest BCUT2D eigenvalue weighted by molar-refractivity contribution is -0.00186. The van der Waals surface area contributed by atoms with Crippen LogP contribution in [-0.2, 0) is 11.2 Å². The molecule has 2 nitrogen and oxygen atoms in total. The third kappa shape index (κ3) is 4.97. The Hall–Kier alpha value is -2.08. The highest BCUT2D eigenvalue weighted by molar-refractivity contribution is 5.51. The van der Waals surface area contributed by atoms with E-state index in [1.807, 2.05) is 0 Å². The molecule has 3 rings (SSSR count). The van der Waals surface area contributed by atoms with Crippen LogP contribution in [0.2, 0.25) is 0 Å². The summed E-state index contributed by atoms with van der Waals surface area (Å²) in [5, 5.41) is 0. The first-order chi connectivity index (χ1) is 14.4. The fourth-order valence-corrected chi connectivity index (χ4v) is 3.82. The number of halogens is 4. The van der Waals surface area contributed by atoms with Crippen LogP contribution in [0.5, 0.6) is 5.75 Å². The monoisotopic (exact) mass is 426 g/mol. The Morgan fingerprint density at radius 1 is 1.17 bits per heavy atom. The van der Waals surface area contributed by atoms with Gasteiger partial charge in [0.1, 0.15) is 0 Å². The average molecular weight is 426 g/mol. The molecule has 0 spiro atoms. The molecule has 0 amide bonds. The molecule has 0 bridgehead atoms. The summed E-state index contributed by atoms with van der Waals surface area (Å²) in [5.74, 6) is -3.30. The number of fused-ring (bicyclic) bond motifs is 1.